The molecule has 0 amide bonds. The van der Waals surface area contributed by atoms with E-state index in [9.17, 15) is 4.79 Å². The molecular formula is C22H18O3. The number of rotatable bonds is 6. The molecule has 0 saturated carbocycles. The molecule has 0 unspecified atom stereocenters. The van der Waals surface area contributed by atoms with Crippen molar-refractivity contribution in [3.8, 4) is 5.75 Å². The summed E-state index contributed by atoms with van der Waals surface area (Å²) < 4.78 is 5.83. The molecular weight excluding hydrogens is 312 g/mol. The predicted molar refractivity (Wildman–Crippen MR) is 99.5 cm³/mol. The SMILES string of the molecule is O=C(O)c1ccc(/C=C/c2ccccc2COc2ccccc2)cc1. The van der Waals surface area contributed by atoms with Crippen molar-refractivity contribution in [2.24, 2.45) is 0 Å². The maximum atomic E-state index is 10.9. The molecule has 124 valence electrons. The van der Waals surface area contributed by atoms with Crippen LogP contribution in [0.1, 0.15) is 27.0 Å². The number of carboxylic acids is 1. The maximum Gasteiger partial charge on any atom is 0.335 e. The highest BCUT2D eigenvalue weighted by molar-refractivity contribution is 5.88. The van der Waals surface area contributed by atoms with Gasteiger partial charge in [0.25, 0.3) is 0 Å². The van der Waals surface area contributed by atoms with Gasteiger partial charge in [-0.1, -0.05) is 66.7 Å². The van der Waals surface area contributed by atoms with Crippen LogP contribution in [0.2, 0.25) is 0 Å². The first-order chi connectivity index (χ1) is 12.2. The Bertz CT molecular complexity index is 865. The number of aromatic carboxylic acids is 1. The fourth-order valence-corrected chi connectivity index (χ4v) is 2.43. The van der Waals surface area contributed by atoms with E-state index in [2.05, 4.69) is 0 Å². The summed E-state index contributed by atoms with van der Waals surface area (Å²) in [5.74, 6) is -0.0792. The molecule has 0 aliphatic rings. The number of hydrogen-bond donors (Lipinski definition) is 1. The average Bonchev–Trinajstić information content (AvgIpc) is 2.66. The number of hydrogen-bond acceptors (Lipinski definition) is 2. The lowest BCUT2D eigenvalue weighted by molar-refractivity contribution is 0.0697. The van der Waals surface area contributed by atoms with E-state index < -0.39 is 5.97 Å². The first-order valence-corrected chi connectivity index (χ1v) is 7.99. The number of carbonyl (C=O) groups is 1. The highest BCUT2D eigenvalue weighted by Gasteiger charge is 2.02. The Morgan fingerprint density at radius 2 is 1.52 bits per heavy atom. The van der Waals surface area contributed by atoms with Gasteiger partial charge in [-0.15, -0.1) is 0 Å². The van der Waals surface area contributed by atoms with Gasteiger partial charge in [0.1, 0.15) is 12.4 Å². The van der Waals surface area contributed by atoms with Crippen LogP contribution in [0.3, 0.4) is 0 Å². The van der Waals surface area contributed by atoms with Gasteiger partial charge in [0.15, 0.2) is 0 Å². The summed E-state index contributed by atoms with van der Waals surface area (Å²) >= 11 is 0. The number of ether oxygens (including phenoxy) is 1. The Balaban J connectivity index is 1.73. The highest BCUT2D eigenvalue weighted by atomic mass is 16.5. The molecule has 3 aromatic carbocycles. The van der Waals surface area contributed by atoms with Gasteiger partial charge in [-0.25, -0.2) is 4.79 Å². The van der Waals surface area contributed by atoms with Crippen molar-refractivity contribution in [1.29, 1.82) is 0 Å². The van der Waals surface area contributed by atoms with Crippen LogP contribution < -0.4 is 4.74 Å². The van der Waals surface area contributed by atoms with Gasteiger partial charge in [0.2, 0.25) is 0 Å². The smallest absolute Gasteiger partial charge is 0.335 e. The van der Waals surface area contributed by atoms with Gasteiger partial charge in [-0.05, 0) is 41.0 Å². The van der Waals surface area contributed by atoms with E-state index >= 15 is 0 Å². The molecule has 0 bridgehead atoms. The highest BCUT2D eigenvalue weighted by Crippen LogP contribution is 2.17. The second-order valence-electron chi connectivity index (χ2n) is 5.56. The molecule has 3 aromatic rings. The lowest BCUT2D eigenvalue weighted by atomic mass is 10.1. The topological polar surface area (TPSA) is 46.5 Å². The van der Waals surface area contributed by atoms with Gasteiger partial charge >= 0.3 is 5.97 Å². The molecule has 25 heavy (non-hydrogen) atoms. The molecule has 3 nitrogen and oxygen atoms in total. The summed E-state index contributed by atoms with van der Waals surface area (Å²) in [6, 6.07) is 24.6. The number of carboxylic acid groups (broad SMARTS) is 1. The van der Waals surface area contributed by atoms with Crippen molar-refractivity contribution >= 4 is 18.1 Å². The van der Waals surface area contributed by atoms with Crippen LogP contribution in [0, 0.1) is 0 Å². The average molecular weight is 330 g/mol. The first kappa shape index (κ1) is 16.5. The Morgan fingerprint density at radius 1 is 0.840 bits per heavy atom. The third-order valence-electron chi connectivity index (χ3n) is 3.81. The van der Waals surface area contributed by atoms with Crippen LogP contribution in [-0.2, 0) is 6.61 Å². The Morgan fingerprint density at radius 3 is 2.24 bits per heavy atom. The molecule has 0 atom stereocenters. The van der Waals surface area contributed by atoms with Crippen molar-refractivity contribution < 1.29 is 14.6 Å². The molecule has 1 N–H and O–H groups in total. The fourth-order valence-electron chi connectivity index (χ4n) is 2.43. The zero-order valence-corrected chi connectivity index (χ0v) is 13.6. The van der Waals surface area contributed by atoms with Crippen molar-refractivity contribution in [2.45, 2.75) is 6.61 Å². The molecule has 3 heteroatoms. The number of benzene rings is 3. The Labute approximate surface area is 146 Å². The second-order valence-corrected chi connectivity index (χ2v) is 5.56. The van der Waals surface area contributed by atoms with Gasteiger partial charge in [0, 0.05) is 0 Å². The molecule has 0 aliphatic heterocycles. The summed E-state index contributed by atoms with van der Waals surface area (Å²) in [7, 11) is 0. The summed E-state index contributed by atoms with van der Waals surface area (Å²) in [5, 5.41) is 8.94. The van der Waals surface area contributed by atoms with Gasteiger partial charge in [-0.3, -0.25) is 0 Å². The van der Waals surface area contributed by atoms with Crippen molar-refractivity contribution in [3.63, 3.8) is 0 Å². The minimum atomic E-state index is -0.918. The molecule has 0 aliphatic carbocycles. The summed E-state index contributed by atoms with van der Waals surface area (Å²) in [6.45, 7) is 0.489. The number of para-hydroxylation sites is 1. The molecule has 0 spiro atoms. The van der Waals surface area contributed by atoms with E-state index in [1.807, 2.05) is 66.7 Å². The minimum absolute atomic E-state index is 0.286. The van der Waals surface area contributed by atoms with E-state index in [0.29, 0.717) is 6.61 Å². The fraction of sp³-hybridized carbons (Fsp3) is 0.0455. The summed E-state index contributed by atoms with van der Waals surface area (Å²) in [6.07, 6.45) is 3.98. The third kappa shape index (κ3) is 4.58. The molecule has 0 radical (unpaired) electrons. The third-order valence-corrected chi connectivity index (χ3v) is 3.81. The summed E-state index contributed by atoms with van der Waals surface area (Å²) in [5.41, 5.74) is 3.39. The van der Waals surface area contributed by atoms with Gasteiger partial charge in [-0.2, -0.15) is 0 Å². The van der Waals surface area contributed by atoms with E-state index in [4.69, 9.17) is 9.84 Å². The van der Waals surface area contributed by atoms with Crippen molar-refractivity contribution in [3.05, 3.63) is 101 Å². The van der Waals surface area contributed by atoms with Crippen LogP contribution in [0.25, 0.3) is 12.2 Å². The Hall–Kier alpha value is -3.33. The van der Waals surface area contributed by atoms with Crippen molar-refractivity contribution in [2.75, 3.05) is 0 Å². The quantitative estimate of drug-likeness (QED) is 0.637. The van der Waals surface area contributed by atoms with Crippen LogP contribution in [0.15, 0.2) is 78.9 Å². The Kier molecular flexibility index (Phi) is 5.27. The lowest BCUT2D eigenvalue weighted by Gasteiger charge is -2.08. The zero-order chi connectivity index (χ0) is 17.5. The van der Waals surface area contributed by atoms with Crippen molar-refractivity contribution in [1.82, 2.24) is 0 Å². The maximum absolute atomic E-state index is 10.9. The molecule has 0 fully saturated rings. The molecule has 0 saturated heterocycles. The molecule has 0 aromatic heterocycles. The van der Waals surface area contributed by atoms with E-state index in [1.165, 1.54) is 0 Å². The molecule has 0 heterocycles. The first-order valence-electron chi connectivity index (χ1n) is 7.99. The van der Waals surface area contributed by atoms with E-state index in [1.54, 1.807) is 24.3 Å². The van der Waals surface area contributed by atoms with E-state index in [0.717, 1.165) is 22.4 Å². The predicted octanol–water partition coefficient (Wildman–Crippen LogP) is 5.13. The monoisotopic (exact) mass is 330 g/mol. The largest absolute Gasteiger partial charge is 0.489 e. The summed E-state index contributed by atoms with van der Waals surface area (Å²) in [4.78, 5) is 10.9. The lowest BCUT2D eigenvalue weighted by Crippen LogP contribution is -1.97. The van der Waals surface area contributed by atoms with Crippen LogP contribution >= 0.6 is 0 Å². The van der Waals surface area contributed by atoms with Gasteiger partial charge in [0.05, 0.1) is 5.56 Å². The van der Waals surface area contributed by atoms with Crippen LogP contribution in [-0.4, -0.2) is 11.1 Å². The minimum Gasteiger partial charge on any atom is -0.489 e. The van der Waals surface area contributed by atoms with E-state index in [-0.39, 0.29) is 5.56 Å². The zero-order valence-electron chi connectivity index (χ0n) is 13.6. The second kappa shape index (κ2) is 7.97. The van der Waals surface area contributed by atoms with Gasteiger partial charge < -0.3 is 9.84 Å². The normalized spacial score (nSPS) is 10.7. The van der Waals surface area contributed by atoms with Crippen LogP contribution in [0.5, 0.6) is 5.75 Å². The van der Waals surface area contributed by atoms with Crippen LogP contribution in [0.4, 0.5) is 0 Å². The standard InChI is InChI=1S/C22H18O3/c23-22(24)19-14-11-17(12-15-19)10-13-18-6-4-5-7-20(18)16-25-21-8-2-1-3-9-21/h1-15H,16H2,(H,23,24)/b13-10+. The molecule has 3 rings (SSSR count).